The Hall–Kier alpha value is -3.26. The van der Waals surface area contributed by atoms with Gasteiger partial charge in [-0.2, -0.15) is 0 Å². The van der Waals surface area contributed by atoms with Crippen molar-refractivity contribution in [1.29, 1.82) is 0 Å². The molecule has 1 fully saturated rings. The van der Waals surface area contributed by atoms with Crippen molar-refractivity contribution < 1.29 is 18.7 Å². The van der Waals surface area contributed by atoms with Crippen molar-refractivity contribution in [3.8, 4) is 11.4 Å². The van der Waals surface area contributed by atoms with E-state index in [0.717, 1.165) is 12.8 Å². The number of carbonyl (C=O) groups excluding carboxylic acids is 2. The maximum atomic E-state index is 14.5. The van der Waals surface area contributed by atoms with E-state index < -0.39 is 0 Å². The minimum Gasteiger partial charge on any atom is -0.381 e. The van der Waals surface area contributed by atoms with E-state index in [2.05, 4.69) is 10.3 Å². The lowest BCUT2D eigenvalue weighted by atomic mass is 10.1. The van der Waals surface area contributed by atoms with E-state index in [9.17, 15) is 14.0 Å². The normalized spacial score (nSPS) is 14.7. The number of methoxy groups -OCH3 is 1. The fourth-order valence-electron chi connectivity index (χ4n) is 4.31. The number of hydrogen-bond donors (Lipinski definition) is 1. The molecule has 3 aromatic rings. The van der Waals surface area contributed by atoms with Crippen molar-refractivity contribution in [2.45, 2.75) is 39.3 Å². The molecule has 0 radical (unpaired) electrons. The van der Waals surface area contributed by atoms with Gasteiger partial charge >= 0.3 is 0 Å². The Morgan fingerprint density at radius 1 is 1.22 bits per heavy atom. The number of likely N-dealkylation sites (tertiary alicyclic amines) is 1. The molecule has 168 valence electrons. The molecule has 2 heterocycles. The van der Waals surface area contributed by atoms with Crippen molar-refractivity contribution in [2.75, 3.05) is 25.5 Å². The number of aromatic nitrogens is 2. The first-order chi connectivity index (χ1) is 15.4. The molecule has 1 N–H and O–H groups in total. The molecule has 1 aliphatic heterocycles. The summed E-state index contributed by atoms with van der Waals surface area (Å²) in [7, 11) is 1.69. The third-order valence-corrected chi connectivity index (χ3v) is 5.89. The zero-order chi connectivity index (χ0) is 22.8. The average molecular weight is 439 g/mol. The van der Waals surface area contributed by atoms with Gasteiger partial charge in [0.25, 0.3) is 5.91 Å². The van der Waals surface area contributed by atoms with Crippen LogP contribution in [-0.4, -0.2) is 52.6 Å². The lowest BCUT2D eigenvalue weighted by molar-refractivity contribution is -0.114. The Kier molecular flexibility index (Phi) is 6.23. The fraction of sp³-hybridized carbons (Fsp3) is 0.375. The fourth-order valence-corrected chi connectivity index (χ4v) is 4.31. The Balaban J connectivity index is 1.82. The summed E-state index contributed by atoms with van der Waals surface area (Å²) in [6.45, 7) is 5.08. The molecule has 1 saturated heterocycles. The number of benzene rings is 2. The number of hydrogen-bond acceptors (Lipinski definition) is 4. The molecular weight excluding hydrogens is 411 g/mol. The second kappa shape index (κ2) is 9.08. The molecule has 0 unspecified atom stereocenters. The van der Waals surface area contributed by atoms with Gasteiger partial charge in [-0.3, -0.25) is 9.59 Å². The highest BCUT2D eigenvalue weighted by atomic mass is 19.1. The molecule has 4 rings (SSSR count). The monoisotopic (exact) mass is 438 g/mol. The molecule has 2 amide bonds. The number of nitrogens with one attached hydrogen (secondary N) is 1. The van der Waals surface area contributed by atoms with Gasteiger partial charge in [-0.05, 0) is 44.0 Å². The quantitative estimate of drug-likeness (QED) is 0.652. The van der Waals surface area contributed by atoms with Gasteiger partial charge in [-0.1, -0.05) is 12.1 Å². The van der Waals surface area contributed by atoms with Crippen LogP contribution in [0.5, 0.6) is 0 Å². The van der Waals surface area contributed by atoms with Crippen LogP contribution >= 0.6 is 0 Å². The highest BCUT2D eigenvalue weighted by molar-refractivity contribution is 6.05. The van der Waals surface area contributed by atoms with Crippen molar-refractivity contribution >= 4 is 28.5 Å². The van der Waals surface area contributed by atoms with Crippen LogP contribution in [0.3, 0.4) is 0 Å². The van der Waals surface area contributed by atoms with E-state index in [-0.39, 0.29) is 23.7 Å². The number of piperidine rings is 1. The zero-order valence-corrected chi connectivity index (χ0v) is 18.5. The van der Waals surface area contributed by atoms with Crippen LogP contribution in [0.15, 0.2) is 36.4 Å². The minimum atomic E-state index is -0.379. The van der Waals surface area contributed by atoms with E-state index in [4.69, 9.17) is 4.74 Å². The zero-order valence-electron chi connectivity index (χ0n) is 18.5. The molecule has 0 spiro atoms. The average Bonchev–Trinajstić information content (AvgIpc) is 3.17. The Bertz CT molecular complexity index is 1170. The molecule has 0 aliphatic carbocycles. The predicted molar refractivity (Wildman–Crippen MR) is 121 cm³/mol. The minimum absolute atomic E-state index is 0.119. The Morgan fingerprint density at radius 2 is 1.94 bits per heavy atom. The van der Waals surface area contributed by atoms with Crippen LogP contribution < -0.4 is 5.32 Å². The molecule has 32 heavy (non-hydrogen) atoms. The van der Waals surface area contributed by atoms with Crippen LogP contribution in [0.4, 0.5) is 10.1 Å². The summed E-state index contributed by atoms with van der Waals surface area (Å²) >= 11 is 0. The van der Waals surface area contributed by atoms with Gasteiger partial charge in [0.1, 0.15) is 11.6 Å². The number of ether oxygens (including phenoxy) is 1. The van der Waals surface area contributed by atoms with Crippen LogP contribution in [0.25, 0.3) is 22.4 Å². The van der Waals surface area contributed by atoms with Crippen LogP contribution in [-0.2, 0) is 16.1 Å². The summed E-state index contributed by atoms with van der Waals surface area (Å²) in [6, 6.07) is 9.86. The van der Waals surface area contributed by atoms with E-state index in [1.54, 1.807) is 42.3 Å². The summed E-state index contributed by atoms with van der Waals surface area (Å²) < 4.78 is 21.8. The van der Waals surface area contributed by atoms with Crippen molar-refractivity contribution in [3.05, 3.63) is 47.8 Å². The number of anilines is 1. The number of halogens is 1. The van der Waals surface area contributed by atoms with E-state index >= 15 is 0 Å². The highest BCUT2D eigenvalue weighted by Gasteiger charge is 2.26. The van der Waals surface area contributed by atoms with Crippen molar-refractivity contribution in [3.63, 3.8) is 0 Å². The largest absolute Gasteiger partial charge is 0.381 e. The van der Waals surface area contributed by atoms with E-state index in [1.165, 1.54) is 13.0 Å². The first kappa shape index (κ1) is 22.0. The molecule has 8 heteroatoms. The number of rotatable bonds is 5. The van der Waals surface area contributed by atoms with Crippen LogP contribution in [0.1, 0.15) is 37.0 Å². The summed E-state index contributed by atoms with van der Waals surface area (Å²) in [5, 5.41) is 2.83. The standard InChI is InChI=1S/C24H27FN4O3/c1-4-29-22-20(26-15(2)30)13-16(24(31)28-11-9-17(32-3)10-12-28)14-21(22)27-23(29)18-7-5-6-8-19(18)25/h5-8,13-14,17H,4,9-12H2,1-3H3,(H,26,30). The summed E-state index contributed by atoms with van der Waals surface area (Å²) in [4.78, 5) is 31.6. The first-order valence-electron chi connectivity index (χ1n) is 10.8. The van der Waals surface area contributed by atoms with Gasteiger partial charge in [0.15, 0.2) is 0 Å². The van der Waals surface area contributed by atoms with E-state index in [0.29, 0.717) is 53.3 Å². The summed E-state index contributed by atoms with van der Waals surface area (Å²) in [6.07, 6.45) is 1.73. The lowest BCUT2D eigenvalue weighted by Crippen LogP contribution is -2.40. The van der Waals surface area contributed by atoms with Gasteiger partial charge in [0, 0.05) is 39.2 Å². The molecule has 0 atom stereocenters. The molecular formula is C24H27FN4O3. The molecule has 1 aromatic heterocycles. The van der Waals surface area contributed by atoms with Gasteiger partial charge in [0.2, 0.25) is 5.91 Å². The Labute approximate surface area is 186 Å². The summed E-state index contributed by atoms with van der Waals surface area (Å²) in [5.41, 5.74) is 2.50. The first-order valence-corrected chi connectivity index (χ1v) is 10.8. The van der Waals surface area contributed by atoms with Gasteiger partial charge in [-0.25, -0.2) is 9.37 Å². The Morgan fingerprint density at radius 3 is 2.56 bits per heavy atom. The van der Waals surface area contributed by atoms with E-state index in [1.807, 2.05) is 11.5 Å². The second-order valence-electron chi connectivity index (χ2n) is 7.96. The maximum absolute atomic E-state index is 14.5. The van der Waals surface area contributed by atoms with Gasteiger partial charge in [-0.15, -0.1) is 0 Å². The lowest BCUT2D eigenvalue weighted by Gasteiger charge is -2.31. The number of imidazole rings is 1. The SMILES string of the molecule is CCn1c(-c2ccccc2F)nc2cc(C(=O)N3CCC(OC)CC3)cc(NC(C)=O)c21. The summed E-state index contributed by atoms with van der Waals surface area (Å²) in [5.74, 6) is -0.298. The van der Waals surface area contributed by atoms with Crippen LogP contribution in [0, 0.1) is 5.82 Å². The molecule has 1 aliphatic rings. The van der Waals surface area contributed by atoms with Crippen molar-refractivity contribution in [2.24, 2.45) is 0 Å². The van der Waals surface area contributed by atoms with Crippen LogP contribution in [0.2, 0.25) is 0 Å². The predicted octanol–water partition coefficient (Wildman–Crippen LogP) is 4.07. The van der Waals surface area contributed by atoms with Crippen molar-refractivity contribution in [1.82, 2.24) is 14.5 Å². The third kappa shape index (κ3) is 4.10. The number of aryl methyl sites for hydroxylation is 1. The molecule has 0 saturated carbocycles. The smallest absolute Gasteiger partial charge is 0.254 e. The molecule has 7 nitrogen and oxygen atoms in total. The highest BCUT2D eigenvalue weighted by Crippen LogP contribution is 2.33. The third-order valence-electron chi connectivity index (χ3n) is 5.89. The topological polar surface area (TPSA) is 76.5 Å². The molecule has 2 aromatic carbocycles. The number of amides is 2. The number of fused-ring (bicyclic) bond motifs is 1. The van der Waals surface area contributed by atoms with Gasteiger partial charge in [0.05, 0.1) is 28.4 Å². The maximum Gasteiger partial charge on any atom is 0.254 e. The number of carbonyl (C=O) groups is 2. The number of nitrogens with zero attached hydrogens (tertiary/aromatic N) is 3. The second-order valence-corrected chi connectivity index (χ2v) is 7.96. The molecule has 0 bridgehead atoms. The van der Waals surface area contributed by atoms with Gasteiger partial charge < -0.3 is 19.5 Å².